The van der Waals surface area contributed by atoms with Crippen LogP contribution in [0.5, 0.6) is 5.75 Å². The molecule has 2 atom stereocenters. The van der Waals surface area contributed by atoms with Crippen LogP contribution in [0.4, 0.5) is 0 Å². The highest BCUT2D eigenvalue weighted by molar-refractivity contribution is 7.91. The maximum absolute atomic E-state index is 11.5. The summed E-state index contributed by atoms with van der Waals surface area (Å²) in [7, 11) is -2.83. The Hall–Kier alpha value is -1.11. The summed E-state index contributed by atoms with van der Waals surface area (Å²) in [6, 6.07) is 6.11. The summed E-state index contributed by atoms with van der Waals surface area (Å²) in [6.45, 7) is 0.736. The van der Waals surface area contributed by atoms with Crippen molar-refractivity contribution in [3.8, 4) is 5.75 Å². The lowest BCUT2D eigenvalue weighted by Crippen LogP contribution is -2.30. The van der Waals surface area contributed by atoms with E-state index in [9.17, 15) is 8.42 Å². The third-order valence-corrected chi connectivity index (χ3v) is 6.05. The molecule has 2 heterocycles. The van der Waals surface area contributed by atoms with Gasteiger partial charge < -0.3 is 4.74 Å². The number of hydrogen-bond acceptors (Lipinski definition) is 5. The lowest BCUT2D eigenvalue weighted by molar-refractivity contribution is 0.356. The van der Waals surface area contributed by atoms with Gasteiger partial charge in [0.25, 0.3) is 0 Å². The molecule has 1 saturated heterocycles. The number of rotatable bonds is 4. The quantitative estimate of drug-likeness (QED) is 0.638. The van der Waals surface area contributed by atoms with E-state index in [4.69, 9.17) is 10.6 Å². The maximum atomic E-state index is 11.5. The van der Waals surface area contributed by atoms with Crippen molar-refractivity contribution in [2.75, 3.05) is 18.1 Å². The fourth-order valence-corrected chi connectivity index (χ4v) is 4.99. The molecule has 0 radical (unpaired) electrons. The number of sulfone groups is 1. The number of fused-ring (bicyclic) bond motifs is 1. The molecule has 2 unspecified atom stereocenters. The maximum Gasteiger partial charge on any atom is 0.150 e. The Balaban J connectivity index is 1.73. The second-order valence-electron chi connectivity index (χ2n) is 5.69. The number of nitrogens with one attached hydrogen (secondary N) is 1. The van der Waals surface area contributed by atoms with Crippen molar-refractivity contribution < 1.29 is 13.2 Å². The Morgan fingerprint density at radius 2 is 2.30 bits per heavy atom. The Kier molecular flexibility index (Phi) is 3.70. The van der Waals surface area contributed by atoms with Crippen LogP contribution < -0.4 is 16.0 Å². The van der Waals surface area contributed by atoms with Gasteiger partial charge in [-0.15, -0.1) is 0 Å². The number of nitrogens with two attached hydrogens (primary N) is 1. The minimum atomic E-state index is -2.83. The first-order valence-electron chi connectivity index (χ1n) is 6.99. The van der Waals surface area contributed by atoms with Crippen molar-refractivity contribution in [2.24, 2.45) is 11.8 Å². The molecule has 6 heteroatoms. The molecule has 0 spiro atoms. The van der Waals surface area contributed by atoms with Crippen LogP contribution in [0.2, 0.25) is 0 Å². The van der Waals surface area contributed by atoms with E-state index in [2.05, 4.69) is 11.5 Å². The molecule has 3 N–H and O–H groups in total. The molecule has 0 aromatic heterocycles. The molecule has 1 aromatic carbocycles. The molecule has 110 valence electrons. The van der Waals surface area contributed by atoms with Gasteiger partial charge in [-0.1, -0.05) is 12.1 Å². The molecule has 2 aliphatic heterocycles. The van der Waals surface area contributed by atoms with E-state index in [0.717, 1.165) is 37.2 Å². The smallest absolute Gasteiger partial charge is 0.150 e. The van der Waals surface area contributed by atoms with Gasteiger partial charge in [-0.05, 0) is 36.0 Å². The Morgan fingerprint density at radius 1 is 1.45 bits per heavy atom. The zero-order valence-corrected chi connectivity index (χ0v) is 12.2. The minimum Gasteiger partial charge on any atom is -0.493 e. The van der Waals surface area contributed by atoms with Gasteiger partial charge in [0.05, 0.1) is 18.1 Å². The van der Waals surface area contributed by atoms with Gasteiger partial charge in [0.1, 0.15) is 5.75 Å². The molecular formula is C14H20N2O3S. The van der Waals surface area contributed by atoms with Crippen molar-refractivity contribution in [2.45, 2.75) is 25.3 Å². The van der Waals surface area contributed by atoms with E-state index in [0.29, 0.717) is 11.5 Å². The van der Waals surface area contributed by atoms with Crippen LogP contribution in [0, 0.1) is 5.92 Å². The molecule has 0 aliphatic carbocycles. The van der Waals surface area contributed by atoms with Crippen molar-refractivity contribution in [3.05, 3.63) is 29.3 Å². The molecule has 0 amide bonds. The highest BCUT2D eigenvalue weighted by atomic mass is 32.2. The molecule has 20 heavy (non-hydrogen) atoms. The average Bonchev–Trinajstić information content (AvgIpc) is 3.01. The fraction of sp³-hybridized carbons (Fsp3) is 0.571. The van der Waals surface area contributed by atoms with Crippen LogP contribution in [0.25, 0.3) is 0 Å². The van der Waals surface area contributed by atoms with Gasteiger partial charge in [-0.3, -0.25) is 11.3 Å². The van der Waals surface area contributed by atoms with E-state index in [1.165, 1.54) is 5.56 Å². The monoisotopic (exact) mass is 296 g/mol. The standard InChI is InChI=1S/C14H20N2O3S/c15-16-13(7-10-4-6-20(17,18)9-10)11-1-2-14-12(8-11)3-5-19-14/h1-2,8,10,13,16H,3-7,9,15H2. The second-order valence-corrected chi connectivity index (χ2v) is 7.92. The topological polar surface area (TPSA) is 81.4 Å². The SMILES string of the molecule is NNC(CC1CCS(=O)(=O)C1)c1ccc2c(c1)CCO2. The van der Waals surface area contributed by atoms with Crippen LogP contribution in [-0.4, -0.2) is 26.5 Å². The van der Waals surface area contributed by atoms with Crippen molar-refractivity contribution in [1.82, 2.24) is 5.43 Å². The predicted octanol–water partition coefficient (Wildman–Crippen LogP) is 0.951. The van der Waals surface area contributed by atoms with Gasteiger partial charge >= 0.3 is 0 Å². The normalized spacial score (nSPS) is 25.1. The summed E-state index contributed by atoms with van der Waals surface area (Å²) in [5.74, 6) is 7.42. The highest BCUT2D eigenvalue weighted by Gasteiger charge is 2.30. The Bertz CT molecular complexity index is 600. The van der Waals surface area contributed by atoms with Gasteiger partial charge in [0.15, 0.2) is 9.84 Å². The summed E-state index contributed by atoms with van der Waals surface area (Å²) in [4.78, 5) is 0. The molecule has 1 fully saturated rings. The summed E-state index contributed by atoms with van der Waals surface area (Å²) in [5, 5.41) is 0. The average molecular weight is 296 g/mol. The third-order valence-electron chi connectivity index (χ3n) is 4.21. The first kappa shape index (κ1) is 13.9. The van der Waals surface area contributed by atoms with Gasteiger partial charge in [-0.2, -0.15) is 0 Å². The number of hydrogen-bond donors (Lipinski definition) is 2. The van der Waals surface area contributed by atoms with Crippen LogP contribution >= 0.6 is 0 Å². The lowest BCUT2D eigenvalue weighted by Gasteiger charge is -2.20. The van der Waals surface area contributed by atoms with Crippen molar-refractivity contribution >= 4 is 9.84 Å². The number of ether oxygens (including phenoxy) is 1. The van der Waals surface area contributed by atoms with E-state index in [1.807, 2.05) is 12.1 Å². The second kappa shape index (κ2) is 5.35. The van der Waals surface area contributed by atoms with E-state index in [-0.39, 0.29) is 12.0 Å². The van der Waals surface area contributed by atoms with Crippen molar-refractivity contribution in [1.29, 1.82) is 0 Å². The highest BCUT2D eigenvalue weighted by Crippen LogP contribution is 2.32. The zero-order chi connectivity index (χ0) is 14.2. The first-order chi connectivity index (χ1) is 9.57. The summed E-state index contributed by atoms with van der Waals surface area (Å²) in [6.07, 6.45) is 2.43. The fourth-order valence-electron chi connectivity index (χ4n) is 3.11. The van der Waals surface area contributed by atoms with E-state index >= 15 is 0 Å². The van der Waals surface area contributed by atoms with E-state index < -0.39 is 9.84 Å². The molecular weight excluding hydrogens is 276 g/mol. The number of benzene rings is 1. The first-order valence-corrected chi connectivity index (χ1v) is 8.82. The molecule has 2 aliphatic rings. The molecule has 1 aromatic rings. The van der Waals surface area contributed by atoms with E-state index in [1.54, 1.807) is 0 Å². The van der Waals surface area contributed by atoms with Gasteiger partial charge in [0.2, 0.25) is 0 Å². The van der Waals surface area contributed by atoms with Gasteiger partial charge in [-0.25, -0.2) is 8.42 Å². The third kappa shape index (κ3) is 2.82. The molecule has 3 rings (SSSR count). The van der Waals surface area contributed by atoms with Crippen LogP contribution in [0.15, 0.2) is 18.2 Å². The Labute approximate surface area is 119 Å². The van der Waals surface area contributed by atoms with Crippen molar-refractivity contribution in [3.63, 3.8) is 0 Å². The van der Waals surface area contributed by atoms with Crippen LogP contribution in [0.3, 0.4) is 0 Å². The largest absolute Gasteiger partial charge is 0.493 e. The Morgan fingerprint density at radius 3 is 3.00 bits per heavy atom. The number of hydrazine groups is 1. The summed E-state index contributed by atoms with van der Waals surface area (Å²) in [5.41, 5.74) is 5.15. The molecule has 0 bridgehead atoms. The molecule has 0 saturated carbocycles. The lowest BCUT2D eigenvalue weighted by atomic mass is 9.93. The predicted molar refractivity (Wildman–Crippen MR) is 77.1 cm³/mol. The summed E-state index contributed by atoms with van der Waals surface area (Å²) < 4.78 is 28.6. The van der Waals surface area contributed by atoms with Crippen LogP contribution in [-0.2, 0) is 16.3 Å². The minimum absolute atomic E-state index is 0.000741. The molecule has 5 nitrogen and oxygen atoms in total. The zero-order valence-electron chi connectivity index (χ0n) is 11.3. The summed E-state index contributed by atoms with van der Waals surface area (Å²) >= 11 is 0. The van der Waals surface area contributed by atoms with Gasteiger partial charge in [0, 0.05) is 12.5 Å². The van der Waals surface area contributed by atoms with Crippen LogP contribution in [0.1, 0.15) is 30.0 Å².